The summed E-state index contributed by atoms with van der Waals surface area (Å²) in [4.78, 5) is 10.2. The second-order valence-electron chi connectivity index (χ2n) is 4.82. The first-order valence-corrected chi connectivity index (χ1v) is 8.29. The number of anilines is 1. The molecule has 0 aliphatic carbocycles. The Morgan fingerprint density at radius 1 is 1.12 bits per heavy atom. The summed E-state index contributed by atoms with van der Waals surface area (Å²) in [6.45, 7) is 0. The minimum atomic E-state index is -4.91. The maximum atomic E-state index is 12.2. The fraction of sp³-hybridized carbons (Fsp3) is 0.143. The summed E-state index contributed by atoms with van der Waals surface area (Å²) >= 11 is 0. The minimum Gasteiger partial charge on any atom is -0.406 e. The summed E-state index contributed by atoms with van der Waals surface area (Å²) in [7, 11) is -4.10. The topological polar surface area (TPSA) is 98.5 Å². The first-order valence-electron chi connectivity index (χ1n) is 6.64. The third kappa shape index (κ3) is 5.64. The molecule has 2 aromatic rings. The number of nitrogens with one attached hydrogen (secondary N) is 1. The van der Waals surface area contributed by atoms with Gasteiger partial charge in [0.05, 0.1) is 10.6 Å². The molecule has 0 amide bonds. The van der Waals surface area contributed by atoms with E-state index in [1.807, 2.05) is 0 Å². The molecule has 7 nitrogen and oxygen atoms in total. The molecule has 0 aliphatic heterocycles. The van der Waals surface area contributed by atoms with Crippen molar-refractivity contribution in [3.63, 3.8) is 0 Å². The number of sulfonamides is 1. The zero-order valence-corrected chi connectivity index (χ0v) is 13.2. The molecule has 0 spiro atoms. The minimum absolute atomic E-state index is 0.0531. The van der Waals surface area contributed by atoms with Gasteiger partial charge in [-0.2, -0.15) is 0 Å². The molecule has 0 aliphatic rings. The van der Waals surface area contributed by atoms with E-state index in [1.165, 1.54) is 30.3 Å². The van der Waals surface area contributed by atoms with E-state index in [9.17, 15) is 31.7 Å². The number of para-hydroxylation sites is 1. The van der Waals surface area contributed by atoms with Crippen LogP contribution in [-0.4, -0.2) is 19.7 Å². The van der Waals surface area contributed by atoms with E-state index >= 15 is 0 Å². The Labute approximate surface area is 140 Å². The van der Waals surface area contributed by atoms with Crippen LogP contribution in [0.3, 0.4) is 0 Å². The van der Waals surface area contributed by atoms with Gasteiger partial charge < -0.3 is 4.74 Å². The smallest absolute Gasteiger partial charge is 0.406 e. The maximum absolute atomic E-state index is 12.2. The van der Waals surface area contributed by atoms with Crippen LogP contribution in [0, 0.1) is 10.1 Å². The molecule has 0 fully saturated rings. The highest BCUT2D eigenvalue weighted by atomic mass is 32.2. The fourth-order valence-corrected chi connectivity index (χ4v) is 3.20. The van der Waals surface area contributed by atoms with Crippen molar-refractivity contribution >= 4 is 21.4 Å². The van der Waals surface area contributed by atoms with E-state index in [0.717, 1.165) is 18.2 Å². The number of benzene rings is 2. The van der Waals surface area contributed by atoms with Gasteiger partial charge in [-0.25, -0.2) is 8.42 Å². The number of nitro benzene ring substituents is 1. The first-order chi connectivity index (χ1) is 11.6. The average Bonchev–Trinajstić information content (AvgIpc) is 2.45. The molecule has 0 radical (unpaired) electrons. The molecule has 0 heterocycles. The van der Waals surface area contributed by atoms with Crippen molar-refractivity contribution in [3.05, 3.63) is 64.2 Å². The van der Waals surface area contributed by atoms with Crippen molar-refractivity contribution in [2.45, 2.75) is 12.1 Å². The second kappa shape index (κ2) is 6.97. The lowest BCUT2D eigenvalue weighted by Gasteiger charge is -2.11. The summed E-state index contributed by atoms with van der Waals surface area (Å²) in [6.07, 6.45) is -4.91. The highest BCUT2D eigenvalue weighted by Crippen LogP contribution is 2.26. The molecular weight excluding hydrogens is 365 g/mol. The highest BCUT2D eigenvalue weighted by molar-refractivity contribution is 7.91. The number of nitro groups is 1. The fourth-order valence-electron chi connectivity index (χ4n) is 1.99. The number of hydrogen-bond acceptors (Lipinski definition) is 5. The van der Waals surface area contributed by atoms with Crippen LogP contribution in [0.5, 0.6) is 5.75 Å². The second-order valence-corrected chi connectivity index (χ2v) is 6.54. The van der Waals surface area contributed by atoms with Crippen LogP contribution in [-0.2, 0) is 15.8 Å². The molecule has 0 saturated carbocycles. The van der Waals surface area contributed by atoms with Gasteiger partial charge in [0.15, 0.2) is 0 Å². The third-order valence-electron chi connectivity index (χ3n) is 2.87. The Hall–Kier alpha value is -2.82. The molecule has 1 N–H and O–H groups in total. The van der Waals surface area contributed by atoms with Crippen molar-refractivity contribution in [2.75, 3.05) is 4.72 Å². The average molecular weight is 376 g/mol. The largest absolute Gasteiger partial charge is 0.573 e. The number of halogens is 3. The highest BCUT2D eigenvalue weighted by Gasteiger charge is 2.31. The van der Waals surface area contributed by atoms with Gasteiger partial charge in [0.25, 0.3) is 5.69 Å². The standard InChI is InChI=1S/C14H11F3N2O5S/c15-14(16,17)24-12-6-3-5-11(8-12)18-25(22,23)9-10-4-1-2-7-13(10)19(20)21/h1-8,18H,9H2. The van der Waals surface area contributed by atoms with Crippen molar-refractivity contribution in [1.29, 1.82) is 0 Å². The van der Waals surface area contributed by atoms with Gasteiger partial charge in [-0.15, -0.1) is 13.2 Å². The first kappa shape index (κ1) is 18.5. The van der Waals surface area contributed by atoms with Crippen LogP contribution < -0.4 is 9.46 Å². The van der Waals surface area contributed by atoms with E-state index in [0.29, 0.717) is 0 Å². The number of rotatable bonds is 6. The van der Waals surface area contributed by atoms with Gasteiger partial charge in [-0.1, -0.05) is 24.3 Å². The summed E-state index contributed by atoms with van der Waals surface area (Å²) in [5.74, 6) is -1.31. The monoisotopic (exact) mass is 376 g/mol. The number of nitrogens with zero attached hydrogens (tertiary/aromatic N) is 1. The molecule has 0 bridgehead atoms. The SMILES string of the molecule is O=[N+]([O-])c1ccccc1CS(=O)(=O)Nc1cccc(OC(F)(F)F)c1. The predicted octanol–water partition coefficient (Wildman–Crippen LogP) is 3.44. The van der Waals surface area contributed by atoms with Gasteiger partial charge in [0.2, 0.25) is 10.0 Å². The van der Waals surface area contributed by atoms with Crippen LogP contribution in [0.2, 0.25) is 0 Å². The van der Waals surface area contributed by atoms with Gasteiger partial charge in [0, 0.05) is 17.7 Å². The molecule has 11 heteroatoms. The molecule has 2 aromatic carbocycles. The molecule has 0 aromatic heterocycles. The summed E-state index contributed by atoms with van der Waals surface area (Å²) < 4.78 is 66.6. The molecule has 25 heavy (non-hydrogen) atoms. The van der Waals surface area contributed by atoms with Crippen molar-refractivity contribution < 1.29 is 31.2 Å². The third-order valence-corrected chi connectivity index (χ3v) is 4.11. The van der Waals surface area contributed by atoms with Crippen LogP contribution in [0.15, 0.2) is 48.5 Å². The van der Waals surface area contributed by atoms with E-state index < -0.39 is 32.8 Å². The van der Waals surface area contributed by atoms with Crippen molar-refractivity contribution in [3.8, 4) is 5.75 Å². The Morgan fingerprint density at radius 3 is 2.44 bits per heavy atom. The van der Waals surface area contributed by atoms with Crippen LogP contribution in [0.1, 0.15) is 5.56 Å². The number of hydrogen-bond donors (Lipinski definition) is 1. The normalized spacial score (nSPS) is 11.8. The van der Waals surface area contributed by atoms with E-state index in [-0.39, 0.29) is 16.9 Å². The van der Waals surface area contributed by atoms with Crippen LogP contribution in [0.25, 0.3) is 0 Å². The molecule has 0 saturated heterocycles. The number of ether oxygens (including phenoxy) is 1. The summed E-state index contributed by atoms with van der Waals surface area (Å²) in [5.41, 5.74) is -0.593. The van der Waals surface area contributed by atoms with Gasteiger partial charge >= 0.3 is 6.36 Å². The van der Waals surface area contributed by atoms with Gasteiger partial charge in [-0.05, 0) is 12.1 Å². The molecular formula is C14H11F3N2O5S. The molecule has 0 unspecified atom stereocenters. The van der Waals surface area contributed by atoms with Crippen molar-refractivity contribution in [1.82, 2.24) is 0 Å². The van der Waals surface area contributed by atoms with E-state index in [1.54, 1.807) is 0 Å². The van der Waals surface area contributed by atoms with Crippen LogP contribution in [0.4, 0.5) is 24.5 Å². The number of alkyl halides is 3. The van der Waals surface area contributed by atoms with Crippen molar-refractivity contribution in [2.24, 2.45) is 0 Å². The van der Waals surface area contributed by atoms with Gasteiger partial charge in [0.1, 0.15) is 11.5 Å². The maximum Gasteiger partial charge on any atom is 0.573 e. The Kier molecular flexibility index (Phi) is 5.16. The Morgan fingerprint density at radius 2 is 1.80 bits per heavy atom. The van der Waals surface area contributed by atoms with Crippen LogP contribution >= 0.6 is 0 Å². The lowest BCUT2D eigenvalue weighted by atomic mass is 10.2. The predicted molar refractivity (Wildman–Crippen MR) is 82.5 cm³/mol. The zero-order chi connectivity index (χ0) is 18.7. The van der Waals surface area contributed by atoms with Gasteiger partial charge in [-0.3, -0.25) is 14.8 Å². The molecule has 2 rings (SSSR count). The van der Waals surface area contributed by atoms with E-state index in [2.05, 4.69) is 9.46 Å². The van der Waals surface area contributed by atoms with E-state index in [4.69, 9.17) is 0 Å². The quantitative estimate of drug-likeness (QED) is 0.615. The molecule has 0 atom stereocenters. The lowest BCUT2D eigenvalue weighted by molar-refractivity contribution is -0.385. The Balaban J connectivity index is 2.20. The summed E-state index contributed by atoms with van der Waals surface area (Å²) in [6, 6.07) is 9.51. The zero-order valence-electron chi connectivity index (χ0n) is 12.4. The lowest BCUT2D eigenvalue weighted by Crippen LogP contribution is -2.18. The molecule has 134 valence electrons. The summed E-state index contributed by atoms with van der Waals surface area (Å²) in [5, 5.41) is 10.9. The Bertz CT molecular complexity index is 884.